The molecule has 1 rings (SSSR count). The third-order valence-corrected chi connectivity index (χ3v) is 8.52. The number of thioether (sulfide) groups is 1. The van der Waals surface area contributed by atoms with Crippen LogP contribution in [0.15, 0.2) is 30.3 Å². The summed E-state index contributed by atoms with van der Waals surface area (Å²) in [4.78, 5) is 11.5. The van der Waals surface area contributed by atoms with Crippen molar-refractivity contribution in [3.8, 4) is 0 Å². The third kappa shape index (κ3) is 16.3. The largest absolute Gasteiger partial charge is 0.480 e. The first-order valence-electron chi connectivity index (χ1n) is 12.8. The Balaban J connectivity index is 2.00. The molecule has 0 heterocycles. The monoisotopic (exact) mass is 499 g/mol. The zero-order valence-corrected chi connectivity index (χ0v) is 22.1. The number of carbonyl (C=O) groups is 1. The maximum atomic E-state index is 12.2. The van der Waals surface area contributed by atoms with E-state index in [1.165, 1.54) is 82.4 Å². The van der Waals surface area contributed by atoms with E-state index in [0.29, 0.717) is 12.2 Å². The van der Waals surface area contributed by atoms with Crippen LogP contribution in [0.3, 0.4) is 0 Å². The van der Waals surface area contributed by atoms with Gasteiger partial charge in [0.15, 0.2) is 0 Å². The molecule has 5 nitrogen and oxygen atoms in total. The van der Waals surface area contributed by atoms with Crippen LogP contribution in [0.2, 0.25) is 0 Å². The number of carboxylic acid groups (broad SMARTS) is 1. The molecule has 33 heavy (non-hydrogen) atoms. The number of rotatable bonds is 22. The maximum absolute atomic E-state index is 12.2. The molecule has 1 aromatic rings. The molecule has 0 aliphatic rings. The van der Waals surface area contributed by atoms with Crippen LogP contribution < -0.4 is 4.72 Å². The normalized spacial score (nSPS) is 12.6. The molecule has 2 N–H and O–H groups in total. The van der Waals surface area contributed by atoms with E-state index in [2.05, 4.69) is 11.6 Å². The van der Waals surface area contributed by atoms with E-state index in [1.54, 1.807) is 12.1 Å². The molecule has 0 spiro atoms. The van der Waals surface area contributed by atoms with E-state index < -0.39 is 21.2 Å². The molecular formula is C26H45NO4S2. The van der Waals surface area contributed by atoms with Gasteiger partial charge in [0.05, 0.1) is 5.75 Å². The Morgan fingerprint density at radius 2 is 1.33 bits per heavy atom. The fourth-order valence-corrected chi connectivity index (χ4v) is 6.09. The SMILES string of the molecule is CCCCCCCCCCCCCCCCS(=O)(=O)NCCSC(C(=O)O)c1ccccc1. The van der Waals surface area contributed by atoms with Crippen molar-refractivity contribution in [1.82, 2.24) is 4.72 Å². The smallest absolute Gasteiger partial charge is 0.321 e. The van der Waals surface area contributed by atoms with Crippen LogP contribution in [-0.2, 0) is 14.8 Å². The van der Waals surface area contributed by atoms with E-state index in [-0.39, 0.29) is 12.3 Å². The Bertz CT molecular complexity index is 710. The van der Waals surface area contributed by atoms with E-state index in [9.17, 15) is 18.3 Å². The van der Waals surface area contributed by atoms with Gasteiger partial charge in [-0.3, -0.25) is 4.79 Å². The highest BCUT2D eigenvalue weighted by atomic mass is 32.2. The van der Waals surface area contributed by atoms with Gasteiger partial charge in [-0.25, -0.2) is 13.1 Å². The molecule has 0 aromatic heterocycles. The fraction of sp³-hybridized carbons (Fsp3) is 0.731. The Kier molecular flexibility index (Phi) is 17.5. The number of carboxylic acids is 1. The van der Waals surface area contributed by atoms with E-state index in [1.807, 2.05) is 18.2 Å². The van der Waals surface area contributed by atoms with Gasteiger partial charge >= 0.3 is 5.97 Å². The van der Waals surface area contributed by atoms with Gasteiger partial charge in [0.1, 0.15) is 5.25 Å². The number of hydrogen-bond acceptors (Lipinski definition) is 4. The lowest BCUT2D eigenvalue weighted by Gasteiger charge is -2.13. The molecule has 1 atom stereocenters. The van der Waals surface area contributed by atoms with Crippen molar-refractivity contribution in [3.05, 3.63) is 35.9 Å². The predicted octanol–water partition coefficient (Wildman–Crippen LogP) is 6.95. The highest BCUT2D eigenvalue weighted by Gasteiger charge is 2.20. The van der Waals surface area contributed by atoms with Crippen LogP contribution in [0, 0.1) is 0 Å². The van der Waals surface area contributed by atoms with Crippen LogP contribution in [-0.4, -0.2) is 37.5 Å². The number of benzene rings is 1. The van der Waals surface area contributed by atoms with Gasteiger partial charge < -0.3 is 5.11 Å². The van der Waals surface area contributed by atoms with E-state index >= 15 is 0 Å². The number of hydrogen-bond donors (Lipinski definition) is 2. The molecule has 0 fully saturated rings. The summed E-state index contributed by atoms with van der Waals surface area (Å²) in [5.41, 5.74) is 0.722. The first-order chi connectivity index (χ1) is 16.0. The zero-order valence-electron chi connectivity index (χ0n) is 20.5. The summed E-state index contributed by atoms with van der Waals surface area (Å²) < 4.78 is 26.9. The second kappa shape index (κ2) is 19.3. The molecule has 1 unspecified atom stereocenters. The summed E-state index contributed by atoms with van der Waals surface area (Å²) in [5.74, 6) is -0.336. The Hall–Kier alpha value is -1.05. The van der Waals surface area contributed by atoms with Crippen molar-refractivity contribution < 1.29 is 18.3 Å². The zero-order chi connectivity index (χ0) is 24.2. The Morgan fingerprint density at radius 1 is 0.848 bits per heavy atom. The van der Waals surface area contributed by atoms with Gasteiger partial charge in [-0.15, -0.1) is 11.8 Å². The summed E-state index contributed by atoms with van der Waals surface area (Å²) in [5, 5.41) is 8.74. The van der Waals surface area contributed by atoms with E-state index in [0.717, 1.165) is 18.4 Å². The molecule has 0 bridgehead atoms. The van der Waals surface area contributed by atoms with Crippen molar-refractivity contribution in [2.75, 3.05) is 18.1 Å². The first kappa shape index (κ1) is 30.0. The van der Waals surface area contributed by atoms with Gasteiger partial charge in [0.25, 0.3) is 0 Å². The lowest BCUT2D eigenvalue weighted by Crippen LogP contribution is -2.28. The number of aliphatic carboxylic acids is 1. The van der Waals surface area contributed by atoms with Crippen LogP contribution in [0.1, 0.15) is 108 Å². The summed E-state index contributed by atoms with van der Waals surface area (Å²) in [7, 11) is -3.29. The van der Waals surface area contributed by atoms with Crippen LogP contribution >= 0.6 is 11.8 Å². The van der Waals surface area contributed by atoms with Crippen molar-refractivity contribution in [2.45, 2.75) is 102 Å². The summed E-state index contributed by atoms with van der Waals surface area (Å²) in [6.45, 7) is 2.51. The van der Waals surface area contributed by atoms with Gasteiger partial charge in [-0.2, -0.15) is 0 Å². The second-order valence-electron chi connectivity index (χ2n) is 8.81. The molecule has 0 saturated heterocycles. The van der Waals surface area contributed by atoms with Gasteiger partial charge in [0.2, 0.25) is 10.0 Å². The van der Waals surface area contributed by atoms with Gasteiger partial charge in [-0.1, -0.05) is 121 Å². The lowest BCUT2D eigenvalue weighted by atomic mass is 10.0. The minimum atomic E-state index is -3.29. The molecular weight excluding hydrogens is 454 g/mol. The van der Waals surface area contributed by atoms with Crippen LogP contribution in [0.25, 0.3) is 0 Å². The van der Waals surface area contributed by atoms with Crippen molar-refractivity contribution in [1.29, 1.82) is 0 Å². The van der Waals surface area contributed by atoms with Gasteiger partial charge in [0, 0.05) is 12.3 Å². The average molecular weight is 500 g/mol. The minimum absolute atomic E-state index is 0.150. The second-order valence-corrected chi connectivity index (χ2v) is 11.9. The van der Waals surface area contributed by atoms with E-state index in [4.69, 9.17) is 0 Å². The van der Waals surface area contributed by atoms with Crippen LogP contribution in [0.5, 0.6) is 0 Å². The highest BCUT2D eigenvalue weighted by Crippen LogP contribution is 2.28. The highest BCUT2D eigenvalue weighted by molar-refractivity contribution is 8.00. The number of sulfonamides is 1. The van der Waals surface area contributed by atoms with Crippen molar-refractivity contribution >= 4 is 27.8 Å². The van der Waals surface area contributed by atoms with Crippen molar-refractivity contribution in [2.24, 2.45) is 0 Å². The Labute approximate surface area is 206 Å². The number of unbranched alkanes of at least 4 members (excludes halogenated alkanes) is 13. The molecule has 0 aliphatic heterocycles. The molecule has 7 heteroatoms. The Morgan fingerprint density at radius 3 is 1.82 bits per heavy atom. The topological polar surface area (TPSA) is 83.5 Å². The summed E-state index contributed by atoms with van der Waals surface area (Å²) >= 11 is 1.25. The quantitative estimate of drug-likeness (QED) is 0.169. The molecule has 0 saturated carbocycles. The molecule has 0 aliphatic carbocycles. The first-order valence-corrected chi connectivity index (χ1v) is 15.5. The average Bonchev–Trinajstić information content (AvgIpc) is 2.79. The molecule has 1 aromatic carbocycles. The maximum Gasteiger partial charge on any atom is 0.321 e. The minimum Gasteiger partial charge on any atom is -0.480 e. The van der Waals surface area contributed by atoms with Crippen LogP contribution in [0.4, 0.5) is 0 Å². The standard InChI is InChI=1S/C26H45NO4S2/c1-2-3-4-5-6-7-8-9-10-11-12-13-14-18-23-33(30,31)27-21-22-32-25(26(28)29)24-19-16-15-17-20-24/h15-17,19-20,25,27H,2-14,18,21-23H2,1H3,(H,28,29). The predicted molar refractivity (Wildman–Crippen MR) is 141 cm³/mol. The summed E-state index contributed by atoms with van der Waals surface area (Å²) in [6, 6.07) is 9.03. The van der Waals surface area contributed by atoms with Crippen molar-refractivity contribution in [3.63, 3.8) is 0 Å². The summed E-state index contributed by atoms with van der Waals surface area (Å²) in [6.07, 6.45) is 17.4. The van der Waals surface area contributed by atoms with Gasteiger partial charge in [-0.05, 0) is 12.0 Å². The lowest BCUT2D eigenvalue weighted by molar-refractivity contribution is -0.136. The molecule has 190 valence electrons. The molecule has 0 radical (unpaired) electrons. The third-order valence-electron chi connectivity index (χ3n) is 5.80. The fourth-order valence-electron chi connectivity index (χ4n) is 3.87. The number of nitrogens with one attached hydrogen (secondary N) is 1. The molecule has 0 amide bonds.